The van der Waals surface area contributed by atoms with Crippen LogP contribution in [0.5, 0.6) is 0 Å². The standard InChI is InChI=1S/C23H17N5O2/c29-22(14-28-15-24-18-9-3-2-8-17(18)23(28)30)26-19-10-4-1-7-16(19)20-13-27-12-6-5-11-21(27)25-20/h1-13,15H,14H2,(H,26,29). The maximum atomic E-state index is 12.7. The minimum Gasteiger partial charge on any atom is -0.324 e. The molecule has 0 radical (unpaired) electrons. The molecule has 0 bridgehead atoms. The fourth-order valence-electron chi connectivity index (χ4n) is 3.44. The molecule has 7 heteroatoms. The van der Waals surface area contributed by atoms with Crippen molar-refractivity contribution >= 4 is 28.1 Å². The fraction of sp³-hybridized carbons (Fsp3) is 0.0435. The van der Waals surface area contributed by atoms with Gasteiger partial charge in [-0.05, 0) is 30.3 Å². The van der Waals surface area contributed by atoms with Crippen molar-refractivity contribution < 1.29 is 4.79 Å². The number of para-hydroxylation sites is 2. The van der Waals surface area contributed by atoms with Crippen LogP contribution in [0.25, 0.3) is 27.8 Å². The topological polar surface area (TPSA) is 81.3 Å². The van der Waals surface area contributed by atoms with Crippen LogP contribution in [0.3, 0.4) is 0 Å². The van der Waals surface area contributed by atoms with Crippen molar-refractivity contribution in [1.29, 1.82) is 0 Å². The van der Waals surface area contributed by atoms with E-state index in [1.165, 1.54) is 10.9 Å². The first-order valence-electron chi connectivity index (χ1n) is 9.46. The summed E-state index contributed by atoms with van der Waals surface area (Å²) in [5.41, 5.74) is 3.37. The van der Waals surface area contributed by atoms with Crippen LogP contribution in [0.2, 0.25) is 0 Å². The molecular weight excluding hydrogens is 378 g/mol. The summed E-state index contributed by atoms with van der Waals surface area (Å²) in [6.45, 7) is -0.129. The fourth-order valence-corrected chi connectivity index (χ4v) is 3.44. The zero-order chi connectivity index (χ0) is 20.5. The summed E-state index contributed by atoms with van der Waals surface area (Å²) < 4.78 is 3.24. The lowest BCUT2D eigenvalue weighted by Crippen LogP contribution is -2.28. The number of carbonyl (C=O) groups excluding carboxylic acids is 1. The molecule has 0 aliphatic carbocycles. The van der Waals surface area contributed by atoms with Gasteiger partial charge in [0.25, 0.3) is 5.56 Å². The van der Waals surface area contributed by atoms with Crippen molar-refractivity contribution in [3.63, 3.8) is 0 Å². The summed E-state index contributed by atoms with van der Waals surface area (Å²) in [6.07, 6.45) is 5.24. The van der Waals surface area contributed by atoms with Gasteiger partial charge in [0.2, 0.25) is 5.91 Å². The summed E-state index contributed by atoms with van der Waals surface area (Å²) in [5, 5.41) is 3.39. The molecule has 0 saturated carbocycles. The quantitative estimate of drug-likeness (QED) is 0.506. The predicted octanol–water partition coefficient (Wildman–Crippen LogP) is 3.35. The number of benzene rings is 2. The third-order valence-corrected chi connectivity index (χ3v) is 4.89. The molecule has 3 heterocycles. The number of anilines is 1. The highest BCUT2D eigenvalue weighted by Gasteiger charge is 2.13. The monoisotopic (exact) mass is 395 g/mol. The van der Waals surface area contributed by atoms with E-state index in [0.29, 0.717) is 16.6 Å². The molecule has 0 saturated heterocycles. The lowest BCUT2D eigenvalue weighted by Gasteiger charge is -2.11. The van der Waals surface area contributed by atoms with Gasteiger partial charge in [-0.3, -0.25) is 14.2 Å². The molecule has 1 N–H and O–H groups in total. The van der Waals surface area contributed by atoms with E-state index < -0.39 is 0 Å². The van der Waals surface area contributed by atoms with Gasteiger partial charge in [-0.25, -0.2) is 9.97 Å². The Morgan fingerprint density at radius 3 is 2.67 bits per heavy atom. The summed E-state index contributed by atoms with van der Waals surface area (Å²) in [4.78, 5) is 34.2. The maximum absolute atomic E-state index is 12.7. The zero-order valence-corrected chi connectivity index (χ0v) is 15.9. The van der Waals surface area contributed by atoms with E-state index in [-0.39, 0.29) is 18.0 Å². The van der Waals surface area contributed by atoms with Crippen molar-refractivity contribution in [2.24, 2.45) is 0 Å². The molecule has 2 aromatic carbocycles. The van der Waals surface area contributed by atoms with Gasteiger partial charge < -0.3 is 9.72 Å². The van der Waals surface area contributed by atoms with Gasteiger partial charge in [0.15, 0.2) is 0 Å². The summed E-state index contributed by atoms with van der Waals surface area (Å²) in [5.74, 6) is -0.314. The first-order valence-corrected chi connectivity index (χ1v) is 9.46. The molecule has 1 amide bonds. The van der Waals surface area contributed by atoms with Crippen LogP contribution in [0, 0.1) is 0 Å². The molecule has 0 unspecified atom stereocenters. The Bertz CT molecular complexity index is 1420. The Balaban J connectivity index is 1.43. The molecular formula is C23H17N5O2. The van der Waals surface area contributed by atoms with E-state index in [9.17, 15) is 9.59 Å². The van der Waals surface area contributed by atoms with Crippen LogP contribution in [0.1, 0.15) is 0 Å². The molecule has 3 aromatic heterocycles. The van der Waals surface area contributed by atoms with Gasteiger partial charge in [0.1, 0.15) is 12.2 Å². The number of amides is 1. The summed E-state index contributed by atoms with van der Waals surface area (Å²) in [6, 6.07) is 20.3. The van der Waals surface area contributed by atoms with Crippen molar-refractivity contribution in [2.75, 3.05) is 5.32 Å². The average molecular weight is 395 g/mol. The third-order valence-electron chi connectivity index (χ3n) is 4.89. The predicted molar refractivity (Wildman–Crippen MR) is 115 cm³/mol. The highest BCUT2D eigenvalue weighted by Crippen LogP contribution is 2.27. The largest absolute Gasteiger partial charge is 0.324 e. The molecule has 0 fully saturated rings. The van der Waals surface area contributed by atoms with E-state index in [2.05, 4.69) is 15.3 Å². The highest BCUT2D eigenvalue weighted by molar-refractivity contribution is 5.95. The van der Waals surface area contributed by atoms with Gasteiger partial charge in [0, 0.05) is 18.0 Å². The number of nitrogens with one attached hydrogen (secondary N) is 1. The molecule has 0 aliphatic rings. The normalized spacial score (nSPS) is 11.1. The number of pyridine rings is 1. The second-order valence-corrected chi connectivity index (χ2v) is 6.88. The number of imidazole rings is 1. The number of hydrogen-bond donors (Lipinski definition) is 1. The van der Waals surface area contributed by atoms with E-state index >= 15 is 0 Å². The lowest BCUT2D eigenvalue weighted by molar-refractivity contribution is -0.116. The SMILES string of the molecule is O=C(Cn1cnc2ccccc2c1=O)Nc1ccccc1-c1cn2ccccc2n1. The molecule has 30 heavy (non-hydrogen) atoms. The molecule has 0 spiro atoms. The van der Waals surface area contributed by atoms with Crippen molar-refractivity contribution in [2.45, 2.75) is 6.54 Å². The van der Waals surface area contributed by atoms with E-state index in [0.717, 1.165) is 16.9 Å². The minimum absolute atomic E-state index is 0.129. The lowest BCUT2D eigenvalue weighted by atomic mass is 10.1. The third kappa shape index (κ3) is 3.22. The number of carbonyl (C=O) groups is 1. The van der Waals surface area contributed by atoms with Crippen LogP contribution >= 0.6 is 0 Å². The van der Waals surface area contributed by atoms with Gasteiger partial charge in [0.05, 0.1) is 28.6 Å². The maximum Gasteiger partial charge on any atom is 0.261 e. The van der Waals surface area contributed by atoms with Gasteiger partial charge in [-0.2, -0.15) is 0 Å². The smallest absolute Gasteiger partial charge is 0.261 e. The second kappa shape index (κ2) is 7.29. The van der Waals surface area contributed by atoms with Gasteiger partial charge in [-0.15, -0.1) is 0 Å². The Morgan fingerprint density at radius 1 is 0.967 bits per heavy atom. The number of aromatic nitrogens is 4. The summed E-state index contributed by atoms with van der Waals surface area (Å²) >= 11 is 0. The van der Waals surface area contributed by atoms with Crippen molar-refractivity contribution in [3.05, 3.63) is 95.8 Å². The molecule has 0 atom stereocenters. The van der Waals surface area contributed by atoms with E-state index in [1.54, 1.807) is 18.2 Å². The number of nitrogens with zero attached hydrogens (tertiary/aromatic N) is 4. The number of fused-ring (bicyclic) bond motifs is 2. The second-order valence-electron chi connectivity index (χ2n) is 6.88. The van der Waals surface area contributed by atoms with Crippen LogP contribution in [-0.2, 0) is 11.3 Å². The van der Waals surface area contributed by atoms with Crippen LogP contribution in [0.4, 0.5) is 5.69 Å². The first kappa shape index (κ1) is 17.8. The molecule has 5 aromatic rings. The average Bonchev–Trinajstić information content (AvgIpc) is 3.20. The van der Waals surface area contributed by atoms with Crippen LogP contribution in [-0.4, -0.2) is 24.8 Å². The van der Waals surface area contributed by atoms with E-state index in [4.69, 9.17) is 0 Å². The van der Waals surface area contributed by atoms with Gasteiger partial charge in [-0.1, -0.05) is 36.4 Å². The molecule has 0 aliphatic heterocycles. The number of rotatable bonds is 4. The number of hydrogen-bond acceptors (Lipinski definition) is 4. The van der Waals surface area contributed by atoms with Crippen LogP contribution in [0.15, 0.2) is 90.2 Å². The van der Waals surface area contributed by atoms with Gasteiger partial charge >= 0.3 is 0 Å². The Kier molecular flexibility index (Phi) is 4.33. The highest BCUT2D eigenvalue weighted by atomic mass is 16.2. The minimum atomic E-state index is -0.314. The van der Waals surface area contributed by atoms with Crippen molar-refractivity contribution in [3.8, 4) is 11.3 Å². The van der Waals surface area contributed by atoms with Crippen molar-refractivity contribution in [1.82, 2.24) is 18.9 Å². The first-order chi connectivity index (χ1) is 14.7. The molecule has 5 rings (SSSR count). The summed E-state index contributed by atoms with van der Waals surface area (Å²) in [7, 11) is 0. The molecule has 146 valence electrons. The molecule has 7 nitrogen and oxygen atoms in total. The van der Waals surface area contributed by atoms with E-state index in [1.807, 2.05) is 65.3 Å². The Labute approximate surface area is 171 Å². The zero-order valence-electron chi connectivity index (χ0n) is 15.9. The Morgan fingerprint density at radius 2 is 1.77 bits per heavy atom. The Hall–Kier alpha value is -4.26. The van der Waals surface area contributed by atoms with Crippen LogP contribution < -0.4 is 10.9 Å².